The van der Waals surface area contributed by atoms with Crippen molar-refractivity contribution in [3.63, 3.8) is 0 Å². The van der Waals surface area contributed by atoms with Gasteiger partial charge in [0.25, 0.3) is 5.56 Å². The van der Waals surface area contributed by atoms with Crippen LogP contribution in [0.1, 0.15) is 25.1 Å². The van der Waals surface area contributed by atoms with Crippen molar-refractivity contribution in [2.45, 2.75) is 46.4 Å². The number of aliphatic hydroxyl groups is 1. The molecule has 0 aromatic carbocycles. The number of fused-ring (bicyclic) bond motifs is 1. The molecule has 0 radical (unpaired) electrons. The van der Waals surface area contributed by atoms with Gasteiger partial charge in [-0.05, 0) is 37.0 Å². The van der Waals surface area contributed by atoms with Gasteiger partial charge in [0, 0.05) is 18.3 Å². The molecule has 2 aromatic rings. The molecule has 2 N–H and O–H groups in total. The number of rotatable bonds is 5. The number of pyridine rings is 1. The molecule has 2 heterocycles. The highest BCUT2D eigenvalue weighted by Crippen LogP contribution is 2.19. The fourth-order valence-corrected chi connectivity index (χ4v) is 3.30. The van der Waals surface area contributed by atoms with Gasteiger partial charge in [-0.15, -0.1) is 12.4 Å². The van der Waals surface area contributed by atoms with Gasteiger partial charge in [0.2, 0.25) is 0 Å². The lowest BCUT2D eigenvalue weighted by Gasteiger charge is -2.13. The molecule has 1 unspecified atom stereocenters. The lowest BCUT2D eigenvalue weighted by atomic mass is 10.2. The van der Waals surface area contributed by atoms with Crippen LogP contribution in [0.3, 0.4) is 0 Å². The van der Waals surface area contributed by atoms with Crippen molar-refractivity contribution in [1.82, 2.24) is 14.3 Å². The molecule has 0 saturated heterocycles. The molecule has 0 aliphatic rings. The van der Waals surface area contributed by atoms with Gasteiger partial charge in [0.05, 0.1) is 18.0 Å². The van der Waals surface area contributed by atoms with Gasteiger partial charge in [-0.3, -0.25) is 8.75 Å². The van der Waals surface area contributed by atoms with Crippen molar-refractivity contribution in [3.8, 4) is 0 Å². The van der Waals surface area contributed by atoms with E-state index in [0.717, 1.165) is 16.1 Å². The second-order valence-corrected chi connectivity index (χ2v) is 6.45. The maximum Gasteiger partial charge on any atom is 0.270 e. The second kappa shape index (κ2) is 7.35. The third kappa shape index (κ3) is 4.26. The van der Waals surface area contributed by atoms with Gasteiger partial charge in [-0.25, -0.2) is 4.98 Å². The fourth-order valence-electron chi connectivity index (χ4n) is 2.15. The first kappa shape index (κ1) is 18.1. The van der Waals surface area contributed by atoms with Crippen LogP contribution >= 0.6 is 23.9 Å². The first-order valence-corrected chi connectivity index (χ1v) is 7.55. The summed E-state index contributed by atoms with van der Waals surface area (Å²) in [7, 11) is 0. The van der Waals surface area contributed by atoms with E-state index < -0.39 is 6.10 Å². The van der Waals surface area contributed by atoms with Crippen molar-refractivity contribution < 1.29 is 5.11 Å². The molecule has 0 saturated carbocycles. The molecule has 5 nitrogen and oxygen atoms in total. The highest BCUT2D eigenvalue weighted by Gasteiger charge is 2.14. The lowest BCUT2D eigenvalue weighted by Crippen LogP contribution is -2.35. The Morgan fingerprint density at radius 3 is 2.71 bits per heavy atom. The summed E-state index contributed by atoms with van der Waals surface area (Å²) in [6, 6.07) is 2.23. The van der Waals surface area contributed by atoms with Crippen molar-refractivity contribution in [1.29, 1.82) is 0 Å². The highest BCUT2D eigenvalue weighted by atomic mass is 35.5. The normalized spacial score (nSPS) is 12.7. The van der Waals surface area contributed by atoms with Crippen LogP contribution in [-0.4, -0.2) is 32.7 Å². The van der Waals surface area contributed by atoms with Crippen LogP contribution in [0.5, 0.6) is 0 Å². The molecular weight excluding hydrogens is 310 g/mol. The second-order valence-electron chi connectivity index (χ2n) is 5.43. The zero-order valence-electron chi connectivity index (χ0n) is 12.7. The molecule has 0 fully saturated rings. The first-order valence-electron chi connectivity index (χ1n) is 6.78. The maximum atomic E-state index is 12.3. The van der Waals surface area contributed by atoms with E-state index in [2.05, 4.69) is 10.3 Å². The minimum Gasteiger partial charge on any atom is -0.390 e. The average Bonchev–Trinajstić information content (AvgIpc) is 2.63. The summed E-state index contributed by atoms with van der Waals surface area (Å²) >= 11 is 1.32. The van der Waals surface area contributed by atoms with E-state index in [0.29, 0.717) is 24.5 Å². The minimum atomic E-state index is -0.579. The molecule has 2 aromatic heterocycles. The zero-order valence-corrected chi connectivity index (χ0v) is 14.3. The Balaban J connectivity index is 0.00000220. The van der Waals surface area contributed by atoms with Gasteiger partial charge in [-0.1, -0.05) is 13.8 Å². The molecule has 0 aliphatic heterocycles. The zero-order chi connectivity index (χ0) is 14.9. The lowest BCUT2D eigenvalue weighted by molar-refractivity contribution is 0.151. The van der Waals surface area contributed by atoms with E-state index in [-0.39, 0.29) is 18.0 Å². The summed E-state index contributed by atoms with van der Waals surface area (Å²) in [4.78, 5) is 17.5. The Morgan fingerprint density at radius 1 is 1.43 bits per heavy atom. The summed E-state index contributed by atoms with van der Waals surface area (Å²) in [6.07, 6.45) is -0.579. The summed E-state index contributed by atoms with van der Waals surface area (Å²) in [5.74, 6) is 0. The Morgan fingerprint density at radius 2 is 2.10 bits per heavy atom. The number of aromatic nitrogens is 2. The van der Waals surface area contributed by atoms with Gasteiger partial charge < -0.3 is 10.4 Å². The summed E-state index contributed by atoms with van der Waals surface area (Å²) < 4.78 is 1.59. The summed E-state index contributed by atoms with van der Waals surface area (Å²) in [6.45, 7) is 8.67. The van der Waals surface area contributed by atoms with Crippen molar-refractivity contribution >= 4 is 34.2 Å². The highest BCUT2D eigenvalue weighted by molar-refractivity contribution is 7.13. The number of hydrogen-bond donors (Lipinski definition) is 2. The van der Waals surface area contributed by atoms with Crippen LogP contribution in [-0.2, 0) is 6.54 Å². The van der Waals surface area contributed by atoms with Crippen molar-refractivity contribution in [3.05, 3.63) is 27.7 Å². The van der Waals surface area contributed by atoms with E-state index >= 15 is 0 Å². The number of aliphatic hydroxyl groups excluding tert-OH is 1. The third-order valence-electron chi connectivity index (χ3n) is 3.09. The monoisotopic (exact) mass is 331 g/mol. The van der Waals surface area contributed by atoms with Crippen LogP contribution in [0.25, 0.3) is 10.2 Å². The predicted octanol–water partition coefficient (Wildman–Crippen LogP) is 1.86. The molecule has 0 bridgehead atoms. The van der Waals surface area contributed by atoms with E-state index in [1.807, 2.05) is 33.8 Å². The fraction of sp³-hybridized carbons (Fsp3) is 0.571. The van der Waals surface area contributed by atoms with Gasteiger partial charge in [0.1, 0.15) is 4.83 Å². The molecule has 0 spiro atoms. The van der Waals surface area contributed by atoms with Crippen LogP contribution in [0.2, 0.25) is 0 Å². The van der Waals surface area contributed by atoms with E-state index in [1.165, 1.54) is 11.5 Å². The first-order chi connectivity index (χ1) is 9.38. The molecule has 2 rings (SSSR count). The molecule has 1 atom stereocenters. The third-order valence-corrected chi connectivity index (χ3v) is 4.09. The van der Waals surface area contributed by atoms with Crippen LogP contribution < -0.4 is 10.9 Å². The Bertz CT molecular complexity index is 666. The van der Waals surface area contributed by atoms with Crippen LogP contribution in [0, 0.1) is 13.8 Å². The number of nitrogens with zero attached hydrogens (tertiary/aromatic N) is 2. The molecular formula is C14H22ClN3O2S. The Kier molecular flexibility index (Phi) is 6.34. The summed E-state index contributed by atoms with van der Waals surface area (Å²) in [5.41, 5.74) is 1.80. The van der Waals surface area contributed by atoms with Gasteiger partial charge in [0.15, 0.2) is 0 Å². The smallest absolute Gasteiger partial charge is 0.270 e. The Hall–Kier alpha value is -0.950. The maximum absolute atomic E-state index is 12.3. The SMILES string of the molecule is Cc1cc(C)c2c(=O)n(CC(O)CNC(C)C)sc2n1.Cl. The topological polar surface area (TPSA) is 67.2 Å². The molecule has 21 heavy (non-hydrogen) atoms. The Labute approximate surface area is 134 Å². The van der Waals surface area contributed by atoms with E-state index in [1.54, 1.807) is 3.96 Å². The standard InChI is InChI=1S/C14H21N3O2S.ClH/c1-8(2)15-6-11(18)7-17-14(19)12-9(3)5-10(4)16-13(12)20-17;/h5,8,11,15,18H,6-7H2,1-4H3;1H. The minimum absolute atomic E-state index is 0. The van der Waals surface area contributed by atoms with E-state index in [9.17, 15) is 9.90 Å². The van der Waals surface area contributed by atoms with Gasteiger partial charge in [-0.2, -0.15) is 0 Å². The number of hydrogen-bond acceptors (Lipinski definition) is 5. The van der Waals surface area contributed by atoms with E-state index in [4.69, 9.17) is 0 Å². The van der Waals surface area contributed by atoms with Crippen molar-refractivity contribution in [2.75, 3.05) is 6.54 Å². The van der Waals surface area contributed by atoms with Crippen molar-refractivity contribution in [2.24, 2.45) is 0 Å². The number of nitrogens with one attached hydrogen (secondary N) is 1. The molecule has 0 aliphatic carbocycles. The molecule has 0 amide bonds. The largest absolute Gasteiger partial charge is 0.390 e. The predicted molar refractivity (Wildman–Crippen MR) is 89.7 cm³/mol. The molecule has 7 heteroatoms. The quantitative estimate of drug-likeness (QED) is 0.877. The van der Waals surface area contributed by atoms with Crippen LogP contribution in [0.15, 0.2) is 10.9 Å². The summed E-state index contributed by atoms with van der Waals surface area (Å²) in [5, 5.41) is 13.8. The van der Waals surface area contributed by atoms with Gasteiger partial charge >= 0.3 is 0 Å². The number of halogens is 1. The molecule has 118 valence electrons. The number of aryl methyl sites for hydroxylation is 2. The van der Waals surface area contributed by atoms with Crippen LogP contribution in [0.4, 0.5) is 0 Å². The average molecular weight is 332 g/mol.